The van der Waals surface area contributed by atoms with E-state index in [1.807, 2.05) is 32.0 Å². The van der Waals surface area contributed by atoms with Crippen molar-refractivity contribution in [3.63, 3.8) is 0 Å². The summed E-state index contributed by atoms with van der Waals surface area (Å²) in [5, 5.41) is 6.89. The molecule has 1 aromatic rings. The minimum absolute atomic E-state index is 0.598. The van der Waals surface area contributed by atoms with Gasteiger partial charge >= 0.3 is 0 Å². The summed E-state index contributed by atoms with van der Waals surface area (Å²) in [7, 11) is 1.65. The summed E-state index contributed by atoms with van der Waals surface area (Å²) in [5.74, 6) is 0.782. The van der Waals surface area contributed by atoms with Crippen LogP contribution in [0.2, 0.25) is 0 Å². The van der Waals surface area contributed by atoms with Crippen LogP contribution >= 0.6 is 12.2 Å². The van der Waals surface area contributed by atoms with Gasteiger partial charge in [-0.1, -0.05) is 6.07 Å². The molecule has 1 aromatic carbocycles. The number of anilines is 1. The maximum Gasteiger partial charge on any atom is 0.170 e. The van der Waals surface area contributed by atoms with Gasteiger partial charge in [0.2, 0.25) is 0 Å². The molecule has 0 aliphatic heterocycles. The van der Waals surface area contributed by atoms with Crippen LogP contribution in [-0.4, -0.2) is 32.0 Å². The molecule has 2 N–H and O–H groups in total. The molecule has 0 bridgehead atoms. The van der Waals surface area contributed by atoms with E-state index < -0.39 is 0 Å². The minimum Gasteiger partial charge on any atom is -0.495 e. The molecule has 0 aliphatic rings. The Bertz CT molecular complexity index is 410. The van der Waals surface area contributed by atoms with Crippen LogP contribution in [0.25, 0.3) is 0 Å². The smallest absolute Gasteiger partial charge is 0.170 e. The Hall–Kier alpha value is -1.33. The molecule has 0 unspecified atom stereocenters. The number of aryl methyl sites for hydroxylation is 1. The highest BCUT2D eigenvalue weighted by Crippen LogP contribution is 2.24. The topological polar surface area (TPSA) is 42.5 Å². The Morgan fingerprint density at radius 3 is 2.84 bits per heavy atom. The standard InChI is InChI=1S/C14H22N2O2S/c1-4-18-9-5-8-15-14(19)16-12-10-11(2)6-7-13(12)17-3/h6-7,10H,4-5,8-9H2,1-3H3,(H2,15,16,19). The predicted molar refractivity (Wildman–Crippen MR) is 83.1 cm³/mol. The summed E-state index contributed by atoms with van der Waals surface area (Å²) < 4.78 is 10.6. The van der Waals surface area contributed by atoms with E-state index in [-0.39, 0.29) is 0 Å². The number of ether oxygens (including phenoxy) is 2. The molecular formula is C14H22N2O2S. The molecule has 0 amide bonds. The minimum atomic E-state index is 0.598. The van der Waals surface area contributed by atoms with Crippen LogP contribution in [0.15, 0.2) is 18.2 Å². The summed E-state index contributed by atoms with van der Waals surface area (Å²) in [5.41, 5.74) is 2.03. The van der Waals surface area contributed by atoms with Crippen molar-refractivity contribution in [3.8, 4) is 5.75 Å². The number of thiocarbonyl (C=S) groups is 1. The molecule has 0 fully saturated rings. The van der Waals surface area contributed by atoms with E-state index in [4.69, 9.17) is 21.7 Å². The van der Waals surface area contributed by atoms with Gasteiger partial charge in [-0.05, 0) is 50.2 Å². The van der Waals surface area contributed by atoms with Gasteiger partial charge in [-0.2, -0.15) is 0 Å². The lowest BCUT2D eigenvalue weighted by atomic mass is 10.2. The van der Waals surface area contributed by atoms with Crippen molar-refractivity contribution in [1.82, 2.24) is 5.32 Å². The van der Waals surface area contributed by atoms with Crippen LogP contribution in [0.5, 0.6) is 5.75 Å². The lowest BCUT2D eigenvalue weighted by Gasteiger charge is -2.14. The first-order valence-corrected chi connectivity index (χ1v) is 6.85. The molecule has 0 saturated heterocycles. The monoisotopic (exact) mass is 282 g/mol. The van der Waals surface area contributed by atoms with Gasteiger partial charge in [0.15, 0.2) is 5.11 Å². The molecule has 0 aromatic heterocycles. The molecule has 5 heteroatoms. The number of rotatable bonds is 7. The largest absolute Gasteiger partial charge is 0.495 e. The first-order valence-electron chi connectivity index (χ1n) is 6.44. The van der Waals surface area contributed by atoms with Gasteiger partial charge in [0.1, 0.15) is 5.75 Å². The maximum absolute atomic E-state index is 5.29. The zero-order valence-corrected chi connectivity index (χ0v) is 12.6. The van der Waals surface area contributed by atoms with E-state index >= 15 is 0 Å². The van der Waals surface area contributed by atoms with E-state index in [1.165, 1.54) is 0 Å². The fourth-order valence-electron chi connectivity index (χ4n) is 1.61. The van der Waals surface area contributed by atoms with Crippen LogP contribution in [0.4, 0.5) is 5.69 Å². The van der Waals surface area contributed by atoms with Gasteiger partial charge in [0, 0.05) is 19.8 Å². The van der Waals surface area contributed by atoms with Crippen molar-refractivity contribution in [1.29, 1.82) is 0 Å². The van der Waals surface area contributed by atoms with Crippen molar-refractivity contribution in [2.24, 2.45) is 0 Å². The molecule has 0 atom stereocenters. The summed E-state index contributed by atoms with van der Waals surface area (Å²) >= 11 is 5.25. The summed E-state index contributed by atoms with van der Waals surface area (Å²) in [4.78, 5) is 0. The molecule has 0 saturated carbocycles. The second kappa shape index (κ2) is 8.72. The molecule has 4 nitrogen and oxygen atoms in total. The Morgan fingerprint density at radius 2 is 2.16 bits per heavy atom. The van der Waals surface area contributed by atoms with Crippen molar-refractivity contribution < 1.29 is 9.47 Å². The lowest BCUT2D eigenvalue weighted by molar-refractivity contribution is 0.146. The first kappa shape index (κ1) is 15.7. The van der Waals surface area contributed by atoms with Crippen LogP contribution in [0, 0.1) is 6.92 Å². The van der Waals surface area contributed by atoms with Crippen LogP contribution in [0.1, 0.15) is 18.9 Å². The Labute approximate surface area is 120 Å². The quantitative estimate of drug-likeness (QED) is 0.594. The van der Waals surface area contributed by atoms with Crippen molar-refractivity contribution in [2.75, 3.05) is 32.2 Å². The molecule has 0 spiro atoms. The molecule has 1 rings (SSSR count). The van der Waals surface area contributed by atoms with Crippen molar-refractivity contribution in [2.45, 2.75) is 20.3 Å². The molecule has 0 radical (unpaired) electrons. The second-order valence-electron chi connectivity index (χ2n) is 4.14. The highest BCUT2D eigenvalue weighted by atomic mass is 32.1. The maximum atomic E-state index is 5.29. The van der Waals surface area contributed by atoms with E-state index in [0.717, 1.165) is 43.2 Å². The average Bonchev–Trinajstić information content (AvgIpc) is 2.39. The lowest BCUT2D eigenvalue weighted by Crippen LogP contribution is -2.30. The van der Waals surface area contributed by atoms with Gasteiger partial charge in [-0.25, -0.2) is 0 Å². The summed E-state index contributed by atoms with van der Waals surface area (Å²) in [6, 6.07) is 5.94. The number of hydrogen-bond donors (Lipinski definition) is 2. The predicted octanol–water partition coefficient (Wildman–Crippen LogP) is 2.72. The van der Waals surface area contributed by atoms with E-state index in [0.29, 0.717) is 5.11 Å². The highest BCUT2D eigenvalue weighted by Gasteiger charge is 2.04. The van der Waals surface area contributed by atoms with Crippen molar-refractivity contribution >= 4 is 23.0 Å². The van der Waals surface area contributed by atoms with Gasteiger partial charge < -0.3 is 20.1 Å². The van der Waals surface area contributed by atoms with E-state index in [1.54, 1.807) is 7.11 Å². The zero-order chi connectivity index (χ0) is 14.1. The molecule has 0 aliphatic carbocycles. The zero-order valence-electron chi connectivity index (χ0n) is 11.8. The van der Waals surface area contributed by atoms with Gasteiger partial charge in [0.25, 0.3) is 0 Å². The SMILES string of the molecule is CCOCCCNC(=S)Nc1cc(C)ccc1OC. The Kier molecular flexibility index (Phi) is 7.22. The highest BCUT2D eigenvalue weighted by molar-refractivity contribution is 7.80. The van der Waals surface area contributed by atoms with Gasteiger partial charge in [-0.3, -0.25) is 0 Å². The summed E-state index contributed by atoms with van der Waals surface area (Å²) in [6.07, 6.45) is 0.931. The van der Waals surface area contributed by atoms with Gasteiger partial charge in [0.05, 0.1) is 12.8 Å². The third-order valence-electron chi connectivity index (χ3n) is 2.56. The number of nitrogens with one attached hydrogen (secondary N) is 2. The molecule has 19 heavy (non-hydrogen) atoms. The fraction of sp³-hybridized carbons (Fsp3) is 0.500. The number of methoxy groups -OCH3 is 1. The Morgan fingerprint density at radius 1 is 1.37 bits per heavy atom. The third-order valence-corrected chi connectivity index (χ3v) is 2.80. The van der Waals surface area contributed by atoms with E-state index in [2.05, 4.69) is 10.6 Å². The fourth-order valence-corrected chi connectivity index (χ4v) is 1.82. The number of hydrogen-bond acceptors (Lipinski definition) is 3. The molecule has 106 valence electrons. The van der Waals surface area contributed by atoms with E-state index in [9.17, 15) is 0 Å². The third kappa shape index (κ3) is 5.89. The van der Waals surface area contributed by atoms with Crippen LogP contribution in [0.3, 0.4) is 0 Å². The first-order chi connectivity index (χ1) is 9.17. The molecular weight excluding hydrogens is 260 g/mol. The Balaban J connectivity index is 2.41. The average molecular weight is 282 g/mol. The van der Waals surface area contributed by atoms with Gasteiger partial charge in [-0.15, -0.1) is 0 Å². The second-order valence-corrected chi connectivity index (χ2v) is 4.54. The summed E-state index contributed by atoms with van der Waals surface area (Å²) in [6.45, 7) is 6.32. The van der Waals surface area contributed by atoms with Crippen LogP contribution in [-0.2, 0) is 4.74 Å². The normalized spacial score (nSPS) is 10.1. The number of benzene rings is 1. The van der Waals surface area contributed by atoms with Crippen LogP contribution < -0.4 is 15.4 Å². The van der Waals surface area contributed by atoms with Crippen molar-refractivity contribution in [3.05, 3.63) is 23.8 Å². The molecule has 0 heterocycles.